The molecule has 1 aliphatic heterocycles. The Kier molecular flexibility index (Phi) is 3.06. The maximum absolute atomic E-state index is 13.2. The summed E-state index contributed by atoms with van der Waals surface area (Å²) >= 11 is 0. The van der Waals surface area contributed by atoms with Gasteiger partial charge in [0.15, 0.2) is 5.78 Å². The molecule has 18 heavy (non-hydrogen) atoms. The number of hydrogen-bond donors (Lipinski definition) is 0. The minimum atomic E-state index is -4.78. The Balaban J connectivity index is 2.57. The average Bonchev–Trinajstić information content (AvgIpc) is 2.71. The van der Waals surface area contributed by atoms with Gasteiger partial charge < -0.3 is 9.47 Å². The monoisotopic (exact) mass is 260 g/mol. The average molecular weight is 260 g/mol. The van der Waals surface area contributed by atoms with Crippen LogP contribution in [-0.2, 0) is 15.1 Å². The zero-order valence-electron chi connectivity index (χ0n) is 9.58. The molecule has 0 unspecified atom stereocenters. The summed E-state index contributed by atoms with van der Waals surface area (Å²) in [4.78, 5) is 11.7. The Morgan fingerprint density at radius 1 is 1.39 bits per heavy atom. The van der Waals surface area contributed by atoms with E-state index in [9.17, 15) is 18.0 Å². The standard InChI is InChI=1S/C12H11F3O3/c1-17-9-4-2-3-8(7-9)11(12(13,14)15)10(16)5-6-18-11/h2-4,7H,5-6H2,1H3/t11-/m1/s1. The number of ketones is 1. The van der Waals surface area contributed by atoms with Gasteiger partial charge in [-0.2, -0.15) is 13.2 Å². The molecule has 1 aliphatic rings. The van der Waals surface area contributed by atoms with Crippen LogP contribution in [0.1, 0.15) is 12.0 Å². The summed E-state index contributed by atoms with van der Waals surface area (Å²) in [6.07, 6.45) is -5.02. The Labute approximate surface area is 102 Å². The summed E-state index contributed by atoms with van der Waals surface area (Å²) in [5.74, 6) is -0.720. The normalized spacial score (nSPS) is 24.3. The Hall–Kier alpha value is -1.56. The third-order valence-electron chi connectivity index (χ3n) is 2.92. The highest BCUT2D eigenvalue weighted by Gasteiger charge is 2.64. The summed E-state index contributed by atoms with van der Waals surface area (Å²) in [7, 11) is 1.34. The first-order valence-electron chi connectivity index (χ1n) is 5.30. The van der Waals surface area contributed by atoms with Gasteiger partial charge in [0.1, 0.15) is 5.75 Å². The van der Waals surface area contributed by atoms with Gasteiger partial charge in [-0.05, 0) is 12.1 Å². The largest absolute Gasteiger partial charge is 0.497 e. The van der Waals surface area contributed by atoms with Gasteiger partial charge in [-0.15, -0.1) is 0 Å². The van der Waals surface area contributed by atoms with E-state index >= 15 is 0 Å². The molecule has 2 rings (SSSR count). The number of carbonyl (C=O) groups is 1. The van der Waals surface area contributed by atoms with Crippen LogP contribution < -0.4 is 4.74 Å². The lowest BCUT2D eigenvalue weighted by atomic mass is 9.89. The van der Waals surface area contributed by atoms with E-state index in [-0.39, 0.29) is 24.3 Å². The van der Waals surface area contributed by atoms with Gasteiger partial charge in [0.2, 0.25) is 5.60 Å². The Bertz CT molecular complexity index is 470. The zero-order chi connectivity index (χ0) is 13.4. The molecule has 1 atom stereocenters. The molecule has 0 N–H and O–H groups in total. The number of benzene rings is 1. The summed E-state index contributed by atoms with van der Waals surface area (Å²) in [5.41, 5.74) is -3.08. The topological polar surface area (TPSA) is 35.5 Å². The highest BCUT2D eigenvalue weighted by Crippen LogP contribution is 2.47. The maximum atomic E-state index is 13.2. The van der Waals surface area contributed by atoms with Gasteiger partial charge in [-0.3, -0.25) is 4.79 Å². The van der Waals surface area contributed by atoms with Crippen molar-refractivity contribution in [1.29, 1.82) is 0 Å². The number of Topliss-reactive ketones (excluding diaryl/α,β-unsaturated/α-hetero) is 1. The molecule has 0 bridgehead atoms. The maximum Gasteiger partial charge on any atom is 0.428 e. The Morgan fingerprint density at radius 2 is 2.11 bits per heavy atom. The molecule has 0 spiro atoms. The van der Waals surface area contributed by atoms with Gasteiger partial charge >= 0.3 is 6.18 Å². The first-order chi connectivity index (χ1) is 8.41. The predicted octanol–water partition coefficient (Wildman–Crippen LogP) is 2.44. The van der Waals surface area contributed by atoms with Gasteiger partial charge in [0.25, 0.3) is 0 Å². The molecule has 0 aliphatic carbocycles. The highest BCUT2D eigenvalue weighted by molar-refractivity contribution is 5.91. The summed E-state index contributed by atoms with van der Waals surface area (Å²) in [5, 5.41) is 0. The lowest BCUT2D eigenvalue weighted by Gasteiger charge is -2.29. The molecule has 3 nitrogen and oxygen atoms in total. The lowest BCUT2D eigenvalue weighted by Crippen LogP contribution is -2.47. The molecular formula is C12H11F3O3. The number of rotatable bonds is 2. The SMILES string of the molecule is COc1cccc([C@@]2(C(F)(F)F)OCCC2=O)c1. The van der Waals surface area contributed by atoms with Crippen molar-refractivity contribution >= 4 is 5.78 Å². The molecular weight excluding hydrogens is 249 g/mol. The zero-order valence-corrected chi connectivity index (χ0v) is 9.58. The van der Waals surface area contributed by atoms with E-state index in [1.54, 1.807) is 0 Å². The second kappa shape index (κ2) is 4.28. The van der Waals surface area contributed by atoms with Gasteiger partial charge in [-0.1, -0.05) is 12.1 Å². The van der Waals surface area contributed by atoms with Gasteiger partial charge in [0, 0.05) is 12.0 Å². The van der Waals surface area contributed by atoms with Gasteiger partial charge in [0.05, 0.1) is 13.7 Å². The van der Waals surface area contributed by atoms with Crippen molar-refractivity contribution in [1.82, 2.24) is 0 Å². The third kappa shape index (κ3) is 1.77. The molecule has 1 saturated heterocycles. The van der Waals surface area contributed by atoms with Crippen LogP contribution in [0.2, 0.25) is 0 Å². The van der Waals surface area contributed by atoms with Crippen LogP contribution in [0.5, 0.6) is 5.75 Å². The second-order valence-electron chi connectivity index (χ2n) is 3.93. The number of carbonyl (C=O) groups excluding carboxylic acids is 1. The van der Waals surface area contributed by atoms with Crippen LogP contribution in [0, 0.1) is 0 Å². The van der Waals surface area contributed by atoms with Crippen LogP contribution >= 0.6 is 0 Å². The molecule has 0 aromatic heterocycles. The molecule has 98 valence electrons. The molecule has 1 aromatic carbocycles. The van der Waals surface area contributed by atoms with Crippen LogP contribution in [-0.4, -0.2) is 25.7 Å². The molecule has 1 heterocycles. The first kappa shape index (κ1) is 12.9. The minimum Gasteiger partial charge on any atom is -0.497 e. The quantitative estimate of drug-likeness (QED) is 0.819. The van der Waals surface area contributed by atoms with Crippen LogP contribution in [0.4, 0.5) is 13.2 Å². The molecule has 1 aromatic rings. The summed E-state index contributed by atoms with van der Waals surface area (Å²) < 4.78 is 49.2. The molecule has 0 amide bonds. The number of methoxy groups -OCH3 is 1. The van der Waals surface area contributed by atoms with Crippen LogP contribution in [0.3, 0.4) is 0 Å². The second-order valence-corrected chi connectivity index (χ2v) is 3.93. The van der Waals surface area contributed by atoms with Crippen molar-refractivity contribution in [2.45, 2.75) is 18.2 Å². The van der Waals surface area contributed by atoms with Crippen molar-refractivity contribution < 1.29 is 27.4 Å². The molecule has 0 saturated carbocycles. The van der Waals surface area contributed by atoms with Crippen molar-refractivity contribution in [3.05, 3.63) is 29.8 Å². The van der Waals surface area contributed by atoms with E-state index in [0.29, 0.717) is 0 Å². The summed E-state index contributed by atoms with van der Waals surface area (Å²) in [6, 6.07) is 5.31. The molecule has 1 fully saturated rings. The Morgan fingerprint density at radius 3 is 2.61 bits per heavy atom. The van der Waals surface area contributed by atoms with Crippen molar-refractivity contribution in [2.75, 3.05) is 13.7 Å². The lowest BCUT2D eigenvalue weighted by molar-refractivity contribution is -0.258. The first-order valence-corrected chi connectivity index (χ1v) is 5.30. The van der Waals surface area contributed by atoms with Crippen molar-refractivity contribution in [3.63, 3.8) is 0 Å². The fourth-order valence-electron chi connectivity index (χ4n) is 2.04. The highest BCUT2D eigenvalue weighted by atomic mass is 19.4. The van der Waals surface area contributed by atoms with Crippen molar-refractivity contribution in [2.24, 2.45) is 0 Å². The molecule has 6 heteroatoms. The van der Waals surface area contributed by atoms with E-state index < -0.39 is 17.6 Å². The van der Waals surface area contributed by atoms with E-state index in [0.717, 1.165) is 0 Å². The number of ether oxygens (including phenoxy) is 2. The van der Waals surface area contributed by atoms with E-state index in [1.807, 2.05) is 0 Å². The minimum absolute atomic E-state index is 0.227. The molecule has 0 radical (unpaired) electrons. The van der Waals surface area contributed by atoms with Gasteiger partial charge in [-0.25, -0.2) is 0 Å². The van der Waals surface area contributed by atoms with E-state index in [2.05, 4.69) is 0 Å². The predicted molar refractivity (Wildman–Crippen MR) is 56.3 cm³/mol. The smallest absolute Gasteiger partial charge is 0.428 e. The number of hydrogen-bond acceptors (Lipinski definition) is 3. The fraction of sp³-hybridized carbons (Fsp3) is 0.417. The number of halogens is 3. The fourth-order valence-corrected chi connectivity index (χ4v) is 2.04. The van der Waals surface area contributed by atoms with Crippen LogP contribution in [0.25, 0.3) is 0 Å². The summed E-state index contributed by atoms with van der Waals surface area (Å²) in [6.45, 7) is -0.227. The number of alkyl halides is 3. The third-order valence-corrected chi connectivity index (χ3v) is 2.92. The van der Waals surface area contributed by atoms with E-state index in [4.69, 9.17) is 9.47 Å². The van der Waals surface area contributed by atoms with E-state index in [1.165, 1.54) is 31.4 Å². The van der Waals surface area contributed by atoms with Crippen molar-refractivity contribution in [3.8, 4) is 5.75 Å². The van der Waals surface area contributed by atoms with Crippen LogP contribution in [0.15, 0.2) is 24.3 Å².